The molecule has 20 heavy (non-hydrogen) atoms. The molecule has 0 saturated heterocycles. The summed E-state index contributed by atoms with van der Waals surface area (Å²) in [5, 5.41) is 10.3. The van der Waals surface area contributed by atoms with Gasteiger partial charge in [-0.1, -0.05) is 17.7 Å². The minimum atomic E-state index is -0.655. The van der Waals surface area contributed by atoms with E-state index in [9.17, 15) is 9.50 Å². The predicted octanol–water partition coefficient (Wildman–Crippen LogP) is 3.97. The van der Waals surface area contributed by atoms with E-state index in [-0.39, 0.29) is 5.82 Å². The maximum atomic E-state index is 13.1. The highest BCUT2D eigenvalue weighted by molar-refractivity contribution is 7.99. The largest absolute Gasteiger partial charge is 0.496 e. The van der Waals surface area contributed by atoms with Crippen molar-refractivity contribution in [1.29, 1.82) is 0 Å². The standard InChI is InChI=1S/C16H17FO2S/c1-11-6-7-16(19-2)14(8-11)15(18)10-20-13-5-3-4-12(17)9-13/h3-9,15,18H,10H2,1-2H3. The highest BCUT2D eigenvalue weighted by Crippen LogP contribution is 2.31. The van der Waals surface area contributed by atoms with Crippen LogP contribution in [0, 0.1) is 12.7 Å². The molecule has 1 atom stereocenters. The van der Waals surface area contributed by atoms with Crippen molar-refractivity contribution in [3.63, 3.8) is 0 Å². The van der Waals surface area contributed by atoms with Crippen LogP contribution in [0.5, 0.6) is 5.75 Å². The van der Waals surface area contributed by atoms with Gasteiger partial charge in [-0.15, -0.1) is 11.8 Å². The molecule has 0 bridgehead atoms. The SMILES string of the molecule is COc1ccc(C)cc1C(O)CSc1cccc(F)c1. The van der Waals surface area contributed by atoms with Crippen molar-refractivity contribution in [2.75, 3.05) is 12.9 Å². The fraction of sp³-hybridized carbons (Fsp3) is 0.250. The Kier molecular flexibility index (Phi) is 5.04. The number of ether oxygens (including phenoxy) is 1. The van der Waals surface area contributed by atoms with Crippen molar-refractivity contribution in [1.82, 2.24) is 0 Å². The molecule has 0 amide bonds. The zero-order valence-electron chi connectivity index (χ0n) is 11.5. The predicted molar refractivity (Wildman–Crippen MR) is 79.8 cm³/mol. The van der Waals surface area contributed by atoms with Crippen LogP contribution in [-0.4, -0.2) is 18.0 Å². The normalized spacial score (nSPS) is 12.2. The third-order valence-corrected chi connectivity index (χ3v) is 4.02. The van der Waals surface area contributed by atoms with E-state index < -0.39 is 6.10 Å². The quantitative estimate of drug-likeness (QED) is 0.846. The molecule has 0 aromatic heterocycles. The molecule has 2 aromatic carbocycles. The molecule has 0 saturated carbocycles. The van der Waals surface area contributed by atoms with E-state index in [1.165, 1.54) is 23.9 Å². The van der Waals surface area contributed by atoms with Crippen LogP contribution in [0.4, 0.5) is 4.39 Å². The first-order valence-electron chi connectivity index (χ1n) is 6.31. The van der Waals surface area contributed by atoms with Crippen molar-refractivity contribution >= 4 is 11.8 Å². The molecule has 0 fully saturated rings. The number of methoxy groups -OCH3 is 1. The van der Waals surface area contributed by atoms with Crippen molar-refractivity contribution in [2.24, 2.45) is 0 Å². The zero-order valence-corrected chi connectivity index (χ0v) is 12.3. The lowest BCUT2D eigenvalue weighted by molar-refractivity contribution is 0.199. The minimum absolute atomic E-state index is 0.266. The Morgan fingerprint density at radius 1 is 1.25 bits per heavy atom. The summed E-state index contributed by atoms with van der Waals surface area (Å²) in [6.45, 7) is 1.97. The van der Waals surface area contributed by atoms with Crippen LogP contribution >= 0.6 is 11.8 Å². The molecule has 2 rings (SSSR count). The fourth-order valence-electron chi connectivity index (χ4n) is 1.94. The van der Waals surface area contributed by atoms with Crippen LogP contribution in [0.3, 0.4) is 0 Å². The Morgan fingerprint density at radius 2 is 2.05 bits per heavy atom. The Morgan fingerprint density at radius 3 is 2.75 bits per heavy atom. The number of thioether (sulfide) groups is 1. The molecule has 0 spiro atoms. The topological polar surface area (TPSA) is 29.5 Å². The first-order valence-corrected chi connectivity index (χ1v) is 7.29. The van der Waals surface area contributed by atoms with Crippen molar-refractivity contribution in [3.8, 4) is 5.75 Å². The zero-order chi connectivity index (χ0) is 14.5. The Labute approximate surface area is 122 Å². The summed E-state index contributed by atoms with van der Waals surface area (Å²) in [4.78, 5) is 0.802. The van der Waals surface area contributed by atoms with E-state index in [0.29, 0.717) is 11.5 Å². The maximum absolute atomic E-state index is 13.1. The van der Waals surface area contributed by atoms with Crippen molar-refractivity contribution in [3.05, 3.63) is 59.4 Å². The first kappa shape index (κ1) is 14.9. The van der Waals surface area contributed by atoms with Gasteiger partial charge in [0.15, 0.2) is 0 Å². The van der Waals surface area contributed by atoms with Gasteiger partial charge in [0.25, 0.3) is 0 Å². The van der Waals surface area contributed by atoms with Crippen LogP contribution in [0.2, 0.25) is 0 Å². The average Bonchev–Trinajstić information content (AvgIpc) is 2.45. The highest BCUT2D eigenvalue weighted by atomic mass is 32.2. The maximum Gasteiger partial charge on any atom is 0.124 e. The summed E-state index contributed by atoms with van der Waals surface area (Å²) in [5.41, 5.74) is 1.83. The number of aliphatic hydroxyl groups excluding tert-OH is 1. The second-order valence-electron chi connectivity index (χ2n) is 4.53. The smallest absolute Gasteiger partial charge is 0.124 e. The molecule has 0 aliphatic carbocycles. The van der Waals surface area contributed by atoms with Gasteiger partial charge < -0.3 is 9.84 Å². The van der Waals surface area contributed by atoms with E-state index in [1.807, 2.05) is 31.2 Å². The summed E-state index contributed by atoms with van der Waals surface area (Å²) in [7, 11) is 1.58. The fourth-order valence-corrected chi connectivity index (χ4v) is 2.84. The molecular formula is C16H17FO2S. The van der Waals surface area contributed by atoms with E-state index in [2.05, 4.69) is 0 Å². The van der Waals surface area contributed by atoms with Crippen LogP contribution < -0.4 is 4.74 Å². The number of aliphatic hydroxyl groups is 1. The highest BCUT2D eigenvalue weighted by Gasteiger charge is 2.14. The minimum Gasteiger partial charge on any atom is -0.496 e. The van der Waals surface area contributed by atoms with E-state index >= 15 is 0 Å². The number of hydrogen-bond acceptors (Lipinski definition) is 3. The van der Waals surface area contributed by atoms with E-state index in [4.69, 9.17) is 4.74 Å². The number of hydrogen-bond donors (Lipinski definition) is 1. The third-order valence-electron chi connectivity index (χ3n) is 2.95. The summed E-state index contributed by atoms with van der Waals surface area (Å²) >= 11 is 1.42. The van der Waals surface area contributed by atoms with Crippen LogP contribution in [-0.2, 0) is 0 Å². The molecule has 0 aliphatic heterocycles. The third kappa shape index (κ3) is 3.74. The molecule has 0 heterocycles. The molecule has 4 heteroatoms. The van der Waals surface area contributed by atoms with Crippen LogP contribution in [0.25, 0.3) is 0 Å². The van der Waals surface area contributed by atoms with Gasteiger partial charge in [0, 0.05) is 16.2 Å². The lowest BCUT2D eigenvalue weighted by atomic mass is 10.1. The average molecular weight is 292 g/mol. The lowest BCUT2D eigenvalue weighted by Gasteiger charge is -2.15. The van der Waals surface area contributed by atoms with Gasteiger partial charge in [-0.3, -0.25) is 0 Å². The molecule has 2 nitrogen and oxygen atoms in total. The molecule has 1 unspecified atom stereocenters. The summed E-state index contributed by atoms with van der Waals surface area (Å²) < 4.78 is 18.4. The van der Waals surface area contributed by atoms with Gasteiger partial charge in [-0.05, 0) is 37.3 Å². The second-order valence-corrected chi connectivity index (χ2v) is 5.62. The monoisotopic (exact) mass is 292 g/mol. The molecule has 2 aromatic rings. The Bertz CT molecular complexity index is 586. The van der Waals surface area contributed by atoms with Crippen LogP contribution in [0.1, 0.15) is 17.2 Å². The molecule has 0 radical (unpaired) electrons. The lowest BCUT2D eigenvalue weighted by Crippen LogP contribution is -2.03. The number of benzene rings is 2. The summed E-state index contributed by atoms with van der Waals surface area (Å²) in [6.07, 6.45) is -0.655. The summed E-state index contributed by atoms with van der Waals surface area (Å²) in [6, 6.07) is 12.1. The van der Waals surface area contributed by atoms with Crippen molar-refractivity contribution in [2.45, 2.75) is 17.9 Å². The first-order chi connectivity index (χ1) is 9.60. The molecule has 106 valence electrons. The Hall–Kier alpha value is -1.52. The number of aryl methyl sites for hydroxylation is 1. The van der Waals surface area contributed by atoms with Gasteiger partial charge in [-0.2, -0.15) is 0 Å². The molecule has 1 N–H and O–H groups in total. The van der Waals surface area contributed by atoms with Gasteiger partial charge in [-0.25, -0.2) is 4.39 Å². The van der Waals surface area contributed by atoms with Crippen molar-refractivity contribution < 1.29 is 14.2 Å². The number of halogens is 1. The van der Waals surface area contributed by atoms with Crippen LogP contribution in [0.15, 0.2) is 47.4 Å². The van der Waals surface area contributed by atoms with Gasteiger partial charge in [0.05, 0.1) is 13.2 Å². The summed E-state index contributed by atoms with van der Waals surface area (Å²) in [5.74, 6) is 0.851. The second kappa shape index (κ2) is 6.77. The van der Waals surface area contributed by atoms with Gasteiger partial charge in [0.1, 0.15) is 11.6 Å². The Balaban J connectivity index is 2.08. The van der Waals surface area contributed by atoms with E-state index in [1.54, 1.807) is 13.2 Å². The van der Waals surface area contributed by atoms with Gasteiger partial charge >= 0.3 is 0 Å². The van der Waals surface area contributed by atoms with E-state index in [0.717, 1.165) is 16.0 Å². The van der Waals surface area contributed by atoms with Gasteiger partial charge in [0.2, 0.25) is 0 Å². The molecule has 0 aliphatic rings. The number of rotatable bonds is 5. The molecular weight excluding hydrogens is 275 g/mol.